The predicted octanol–water partition coefficient (Wildman–Crippen LogP) is 4.32. The van der Waals surface area contributed by atoms with E-state index in [1.54, 1.807) is 19.2 Å². The maximum Gasteiger partial charge on any atom is 0.251 e. The van der Waals surface area contributed by atoms with Gasteiger partial charge in [-0.25, -0.2) is 4.39 Å². The van der Waals surface area contributed by atoms with Gasteiger partial charge in [-0.1, -0.05) is 24.3 Å². The van der Waals surface area contributed by atoms with Crippen LogP contribution < -0.4 is 14.8 Å². The first-order valence-corrected chi connectivity index (χ1v) is 8.61. The number of carbonyl (C=O) groups excluding carboxylic acids is 1. The lowest BCUT2D eigenvalue weighted by Crippen LogP contribution is -2.12. The van der Waals surface area contributed by atoms with Gasteiger partial charge in [0.15, 0.2) is 0 Å². The van der Waals surface area contributed by atoms with Crippen molar-refractivity contribution in [2.45, 2.75) is 13.2 Å². The Morgan fingerprint density at radius 1 is 1.04 bits per heavy atom. The summed E-state index contributed by atoms with van der Waals surface area (Å²) >= 11 is 0. The van der Waals surface area contributed by atoms with Crippen LogP contribution in [0.4, 0.5) is 4.39 Å². The molecule has 1 N–H and O–H groups in total. The van der Waals surface area contributed by atoms with Gasteiger partial charge in [0.2, 0.25) is 0 Å². The number of fused-ring (bicyclic) bond motifs is 1. The fourth-order valence-corrected chi connectivity index (χ4v) is 3.15. The maximum atomic E-state index is 13.3. The summed E-state index contributed by atoms with van der Waals surface area (Å²) in [7, 11) is 1.62. The number of nitrogens with one attached hydrogen (secondary N) is 1. The molecule has 136 valence electrons. The van der Waals surface area contributed by atoms with Crippen molar-refractivity contribution in [2.24, 2.45) is 0 Å². The number of halogens is 1. The van der Waals surface area contributed by atoms with Crippen LogP contribution in [-0.2, 0) is 13.2 Å². The molecule has 0 atom stereocenters. The second-order valence-electron chi connectivity index (χ2n) is 6.34. The Bertz CT molecular complexity index is 999. The molecule has 3 aromatic rings. The van der Waals surface area contributed by atoms with Crippen molar-refractivity contribution in [3.8, 4) is 22.6 Å². The number of hydrogen-bond acceptors (Lipinski definition) is 3. The number of amides is 1. The Morgan fingerprint density at radius 2 is 1.85 bits per heavy atom. The standard InChI is InChI=1S/C22H18FNO3/c1-26-18-4-2-3-14(9-18)13-27-21-10-16-12-24-22(25)20(16)11-19(21)15-5-7-17(23)8-6-15/h2-11H,12-13H2,1H3,(H,24,25). The van der Waals surface area contributed by atoms with Crippen LogP contribution in [0.15, 0.2) is 60.7 Å². The third-order valence-electron chi connectivity index (χ3n) is 4.57. The van der Waals surface area contributed by atoms with Gasteiger partial charge in [0, 0.05) is 17.7 Å². The van der Waals surface area contributed by atoms with Crippen LogP contribution in [0.25, 0.3) is 11.1 Å². The van der Waals surface area contributed by atoms with E-state index in [9.17, 15) is 9.18 Å². The molecule has 1 amide bonds. The van der Waals surface area contributed by atoms with E-state index in [1.807, 2.05) is 36.4 Å². The number of methoxy groups -OCH3 is 1. The summed E-state index contributed by atoms with van der Waals surface area (Å²) < 4.78 is 24.6. The number of benzene rings is 3. The number of carbonyl (C=O) groups is 1. The number of ether oxygens (including phenoxy) is 2. The lowest BCUT2D eigenvalue weighted by Gasteiger charge is -2.14. The molecular formula is C22H18FNO3. The van der Waals surface area contributed by atoms with E-state index in [2.05, 4.69) is 5.32 Å². The van der Waals surface area contributed by atoms with E-state index in [0.29, 0.717) is 24.5 Å². The highest BCUT2D eigenvalue weighted by molar-refractivity contribution is 6.00. The molecule has 0 bridgehead atoms. The van der Waals surface area contributed by atoms with Gasteiger partial charge < -0.3 is 14.8 Å². The molecule has 1 heterocycles. The average Bonchev–Trinajstić information content (AvgIpc) is 3.06. The van der Waals surface area contributed by atoms with Gasteiger partial charge in [-0.2, -0.15) is 0 Å². The van der Waals surface area contributed by atoms with Gasteiger partial charge >= 0.3 is 0 Å². The minimum atomic E-state index is -0.309. The summed E-state index contributed by atoms with van der Waals surface area (Å²) in [6.45, 7) is 0.832. The molecular weight excluding hydrogens is 345 g/mol. The molecule has 3 aromatic carbocycles. The maximum absolute atomic E-state index is 13.3. The first kappa shape index (κ1) is 17.1. The molecule has 0 saturated carbocycles. The van der Waals surface area contributed by atoms with Crippen LogP contribution in [0.1, 0.15) is 21.5 Å². The second kappa shape index (κ2) is 7.11. The van der Waals surface area contributed by atoms with Gasteiger partial charge in [-0.3, -0.25) is 4.79 Å². The van der Waals surface area contributed by atoms with Gasteiger partial charge in [-0.15, -0.1) is 0 Å². The van der Waals surface area contributed by atoms with E-state index >= 15 is 0 Å². The predicted molar refractivity (Wildman–Crippen MR) is 100 cm³/mol. The Labute approximate surface area is 156 Å². The molecule has 4 nitrogen and oxygen atoms in total. The van der Waals surface area contributed by atoms with Crippen LogP contribution in [0.5, 0.6) is 11.5 Å². The third kappa shape index (κ3) is 3.49. The number of rotatable bonds is 5. The van der Waals surface area contributed by atoms with Crippen LogP contribution in [0.3, 0.4) is 0 Å². The Hall–Kier alpha value is -3.34. The molecule has 1 aliphatic heterocycles. The first-order valence-electron chi connectivity index (χ1n) is 8.61. The van der Waals surface area contributed by atoms with E-state index in [1.165, 1.54) is 12.1 Å². The van der Waals surface area contributed by atoms with Crippen molar-refractivity contribution < 1.29 is 18.7 Å². The minimum absolute atomic E-state index is 0.104. The molecule has 0 aliphatic carbocycles. The highest BCUT2D eigenvalue weighted by atomic mass is 19.1. The summed E-state index contributed by atoms with van der Waals surface area (Å²) in [5.41, 5.74) is 4.04. The molecule has 1 aliphatic rings. The SMILES string of the molecule is COc1cccc(COc2cc3c(cc2-c2ccc(F)cc2)C(=O)NC3)c1. The summed E-state index contributed by atoms with van der Waals surface area (Å²) in [4.78, 5) is 12.0. The molecule has 0 fully saturated rings. The summed E-state index contributed by atoms with van der Waals surface area (Å²) in [6, 6.07) is 17.5. The zero-order valence-corrected chi connectivity index (χ0v) is 14.8. The average molecular weight is 363 g/mol. The normalized spacial score (nSPS) is 12.4. The van der Waals surface area contributed by atoms with Crippen LogP contribution in [-0.4, -0.2) is 13.0 Å². The smallest absolute Gasteiger partial charge is 0.251 e. The van der Waals surface area contributed by atoms with Crippen molar-refractivity contribution >= 4 is 5.91 Å². The van der Waals surface area contributed by atoms with Gasteiger partial charge in [0.1, 0.15) is 23.9 Å². The molecule has 5 heteroatoms. The van der Waals surface area contributed by atoms with Crippen molar-refractivity contribution in [1.29, 1.82) is 0 Å². The van der Waals surface area contributed by atoms with Gasteiger partial charge in [0.05, 0.1) is 7.11 Å². The van der Waals surface area contributed by atoms with Crippen molar-refractivity contribution in [2.75, 3.05) is 7.11 Å². The summed E-state index contributed by atoms with van der Waals surface area (Å²) in [5, 5.41) is 2.82. The molecule has 0 radical (unpaired) electrons. The molecule has 0 aromatic heterocycles. The quantitative estimate of drug-likeness (QED) is 0.734. The Morgan fingerprint density at radius 3 is 2.63 bits per heavy atom. The fraction of sp³-hybridized carbons (Fsp3) is 0.136. The summed E-state index contributed by atoms with van der Waals surface area (Å²) in [5.74, 6) is 1.00. The van der Waals surface area contributed by atoms with E-state index < -0.39 is 0 Å². The molecule has 27 heavy (non-hydrogen) atoms. The fourth-order valence-electron chi connectivity index (χ4n) is 3.15. The summed E-state index contributed by atoms with van der Waals surface area (Å²) in [6.07, 6.45) is 0. The third-order valence-corrected chi connectivity index (χ3v) is 4.57. The first-order chi connectivity index (χ1) is 13.1. The zero-order chi connectivity index (χ0) is 18.8. The lowest BCUT2D eigenvalue weighted by atomic mass is 9.99. The van der Waals surface area contributed by atoms with Crippen LogP contribution in [0.2, 0.25) is 0 Å². The molecule has 0 unspecified atom stereocenters. The van der Waals surface area contributed by atoms with Crippen LogP contribution >= 0.6 is 0 Å². The van der Waals surface area contributed by atoms with Crippen molar-refractivity contribution in [1.82, 2.24) is 5.32 Å². The Kier molecular flexibility index (Phi) is 4.50. The van der Waals surface area contributed by atoms with Gasteiger partial charge in [-0.05, 0) is 53.1 Å². The minimum Gasteiger partial charge on any atom is -0.497 e. The monoisotopic (exact) mass is 363 g/mol. The topological polar surface area (TPSA) is 47.6 Å². The highest BCUT2D eigenvalue weighted by Crippen LogP contribution is 2.35. The van der Waals surface area contributed by atoms with Crippen molar-refractivity contribution in [3.63, 3.8) is 0 Å². The second-order valence-corrected chi connectivity index (χ2v) is 6.34. The molecule has 0 spiro atoms. The van der Waals surface area contributed by atoms with Gasteiger partial charge in [0.25, 0.3) is 5.91 Å². The van der Waals surface area contributed by atoms with Crippen molar-refractivity contribution in [3.05, 3.63) is 83.2 Å². The van der Waals surface area contributed by atoms with E-state index in [0.717, 1.165) is 28.0 Å². The van der Waals surface area contributed by atoms with E-state index in [4.69, 9.17) is 9.47 Å². The molecule has 4 rings (SSSR count). The Balaban J connectivity index is 1.70. The number of hydrogen-bond donors (Lipinski definition) is 1. The molecule has 0 saturated heterocycles. The van der Waals surface area contributed by atoms with E-state index in [-0.39, 0.29) is 11.7 Å². The lowest BCUT2D eigenvalue weighted by molar-refractivity contribution is 0.0966. The zero-order valence-electron chi connectivity index (χ0n) is 14.8. The highest BCUT2D eigenvalue weighted by Gasteiger charge is 2.22. The largest absolute Gasteiger partial charge is 0.497 e. The van der Waals surface area contributed by atoms with Crippen LogP contribution in [0, 0.1) is 5.82 Å².